The van der Waals surface area contributed by atoms with Crippen molar-refractivity contribution in [1.29, 1.82) is 0 Å². The second kappa shape index (κ2) is 6.93. The van der Waals surface area contributed by atoms with Gasteiger partial charge in [0.25, 0.3) is 0 Å². The van der Waals surface area contributed by atoms with Crippen LogP contribution in [0, 0.1) is 10.8 Å². The van der Waals surface area contributed by atoms with E-state index in [1.165, 1.54) is 5.56 Å². The van der Waals surface area contributed by atoms with Crippen molar-refractivity contribution in [2.75, 3.05) is 27.2 Å². The quantitative estimate of drug-likeness (QED) is 0.861. The highest BCUT2D eigenvalue weighted by molar-refractivity contribution is 5.81. The van der Waals surface area contributed by atoms with Crippen molar-refractivity contribution in [2.45, 2.75) is 51.5 Å². The maximum atomic E-state index is 12.6. The number of aliphatic carboxylic acids is 1. The van der Waals surface area contributed by atoms with E-state index >= 15 is 0 Å². The van der Waals surface area contributed by atoms with Crippen molar-refractivity contribution in [3.8, 4) is 0 Å². The fraction of sp³-hybridized carbons (Fsp3) is 0.636. The lowest BCUT2D eigenvalue weighted by molar-refractivity contribution is -0.148. The van der Waals surface area contributed by atoms with Gasteiger partial charge >= 0.3 is 5.97 Å². The number of nitrogens with zero attached hydrogens (tertiary/aromatic N) is 2. The molecule has 1 saturated carbocycles. The van der Waals surface area contributed by atoms with Crippen molar-refractivity contribution in [1.82, 2.24) is 9.80 Å². The maximum Gasteiger partial charge on any atom is 0.310 e. The maximum absolute atomic E-state index is 12.6. The van der Waals surface area contributed by atoms with E-state index in [4.69, 9.17) is 0 Å². The number of rotatable bonds is 5. The molecular weight excluding hydrogens is 340 g/mol. The summed E-state index contributed by atoms with van der Waals surface area (Å²) >= 11 is 0. The molecular formula is C22H32N2O3. The number of carbonyl (C=O) groups excluding carboxylic acids is 1. The lowest BCUT2D eigenvalue weighted by Crippen LogP contribution is -2.47. The third-order valence-corrected chi connectivity index (χ3v) is 6.88. The minimum Gasteiger partial charge on any atom is -0.481 e. The summed E-state index contributed by atoms with van der Waals surface area (Å²) in [5, 5.41) is 9.40. The molecule has 1 spiro atoms. The molecule has 1 saturated heterocycles. The average Bonchev–Trinajstić information content (AvgIpc) is 2.91. The molecule has 27 heavy (non-hydrogen) atoms. The molecule has 1 N–H and O–H groups in total. The Kier molecular flexibility index (Phi) is 5.10. The molecule has 0 aromatic heterocycles. The first-order valence-electron chi connectivity index (χ1n) is 9.85. The molecule has 0 bridgehead atoms. The highest BCUT2D eigenvalue weighted by Crippen LogP contribution is 2.52. The Balaban J connectivity index is 1.75. The van der Waals surface area contributed by atoms with Crippen LogP contribution in [0.15, 0.2) is 30.3 Å². The predicted molar refractivity (Wildman–Crippen MR) is 105 cm³/mol. The summed E-state index contributed by atoms with van der Waals surface area (Å²) in [6, 6.07) is 10.7. The summed E-state index contributed by atoms with van der Waals surface area (Å²) in [5.41, 5.74) is 0.453. The molecule has 2 fully saturated rings. The van der Waals surface area contributed by atoms with Crippen molar-refractivity contribution in [3.63, 3.8) is 0 Å². The Morgan fingerprint density at radius 2 is 1.74 bits per heavy atom. The van der Waals surface area contributed by atoms with Gasteiger partial charge in [0.05, 0.1) is 5.41 Å². The molecule has 1 amide bonds. The van der Waals surface area contributed by atoms with E-state index in [0.717, 1.165) is 25.7 Å². The molecule has 0 unspecified atom stereocenters. The van der Waals surface area contributed by atoms with Crippen LogP contribution < -0.4 is 0 Å². The average molecular weight is 373 g/mol. The van der Waals surface area contributed by atoms with Gasteiger partial charge in [-0.15, -0.1) is 0 Å². The van der Waals surface area contributed by atoms with Gasteiger partial charge in [0.2, 0.25) is 5.91 Å². The van der Waals surface area contributed by atoms with Crippen molar-refractivity contribution in [2.24, 2.45) is 10.8 Å². The van der Waals surface area contributed by atoms with Gasteiger partial charge in [-0.25, -0.2) is 0 Å². The standard InChI is InChI=1S/C22H32N2O3/c1-20(2,19(26)27)15-24-16-21(14-18(24)25)10-12-22(13-11-21,23(3)4)17-8-6-5-7-9-17/h5-9H,10-16H2,1-4H3,(H,26,27)/t21-,22-. The molecule has 5 nitrogen and oxygen atoms in total. The number of likely N-dealkylation sites (tertiary alicyclic amines) is 1. The second-order valence-electron chi connectivity index (χ2n) is 9.41. The van der Waals surface area contributed by atoms with Crippen LogP contribution in [0.4, 0.5) is 0 Å². The molecule has 0 radical (unpaired) electrons. The fourth-order valence-electron chi connectivity index (χ4n) is 4.94. The van der Waals surface area contributed by atoms with E-state index < -0.39 is 11.4 Å². The van der Waals surface area contributed by atoms with Crippen LogP contribution in [-0.4, -0.2) is 54.0 Å². The Hall–Kier alpha value is -1.88. The second-order valence-corrected chi connectivity index (χ2v) is 9.41. The Morgan fingerprint density at radius 1 is 1.15 bits per heavy atom. The monoisotopic (exact) mass is 372 g/mol. The molecule has 1 aliphatic carbocycles. The SMILES string of the molecule is CN(C)[C@]1(c2ccccc2)CC[C@@]2(CC1)CC(=O)N(CC(C)(C)C(=O)O)C2. The van der Waals surface area contributed by atoms with Gasteiger partial charge in [0, 0.05) is 25.0 Å². The lowest BCUT2D eigenvalue weighted by atomic mass is 9.64. The molecule has 1 aromatic rings. The third kappa shape index (κ3) is 3.62. The van der Waals surface area contributed by atoms with Crippen LogP contribution in [0.3, 0.4) is 0 Å². The molecule has 2 aliphatic rings. The minimum atomic E-state index is -0.909. The van der Waals surface area contributed by atoms with Gasteiger partial charge in [-0.3, -0.25) is 14.5 Å². The Morgan fingerprint density at radius 3 is 2.26 bits per heavy atom. The van der Waals surface area contributed by atoms with E-state index in [-0.39, 0.29) is 16.9 Å². The zero-order valence-electron chi connectivity index (χ0n) is 17.0. The first kappa shape index (κ1) is 19.9. The first-order valence-corrected chi connectivity index (χ1v) is 9.85. The number of benzene rings is 1. The summed E-state index contributed by atoms with van der Waals surface area (Å²) in [7, 11) is 4.29. The predicted octanol–water partition coefficient (Wildman–Crippen LogP) is 3.35. The summed E-state index contributed by atoms with van der Waals surface area (Å²) in [5.74, 6) is -0.739. The van der Waals surface area contributed by atoms with E-state index in [1.54, 1.807) is 18.7 Å². The number of hydrogen-bond donors (Lipinski definition) is 1. The van der Waals surface area contributed by atoms with E-state index in [9.17, 15) is 14.7 Å². The van der Waals surface area contributed by atoms with Crippen LogP contribution in [0.25, 0.3) is 0 Å². The molecule has 5 heteroatoms. The number of hydrogen-bond acceptors (Lipinski definition) is 3. The summed E-state index contributed by atoms with van der Waals surface area (Å²) < 4.78 is 0. The van der Waals surface area contributed by atoms with Gasteiger partial charge in [-0.2, -0.15) is 0 Å². The topological polar surface area (TPSA) is 60.9 Å². The van der Waals surface area contributed by atoms with Crippen molar-refractivity contribution in [3.05, 3.63) is 35.9 Å². The molecule has 3 rings (SSSR count). The van der Waals surface area contributed by atoms with Crippen LogP contribution >= 0.6 is 0 Å². The third-order valence-electron chi connectivity index (χ3n) is 6.88. The zero-order valence-corrected chi connectivity index (χ0v) is 17.0. The minimum absolute atomic E-state index is 0.0000426. The fourth-order valence-corrected chi connectivity index (χ4v) is 4.94. The highest BCUT2D eigenvalue weighted by atomic mass is 16.4. The Bertz CT molecular complexity index is 704. The number of carboxylic acids is 1. The zero-order chi connectivity index (χ0) is 19.9. The molecule has 1 aromatic carbocycles. The normalized spacial score (nSPS) is 28.9. The largest absolute Gasteiger partial charge is 0.481 e. The van der Waals surface area contributed by atoms with Crippen LogP contribution in [0.5, 0.6) is 0 Å². The number of amides is 1. The van der Waals surface area contributed by atoms with E-state index in [2.05, 4.69) is 49.3 Å². The van der Waals surface area contributed by atoms with Crippen molar-refractivity contribution >= 4 is 11.9 Å². The van der Waals surface area contributed by atoms with Gasteiger partial charge < -0.3 is 10.0 Å². The van der Waals surface area contributed by atoms with Gasteiger partial charge in [0.1, 0.15) is 0 Å². The molecule has 148 valence electrons. The van der Waals surface area contributed by atoms with Crippen molar-refractivity contribution < 1.29 is 14.7 Å². The lowest BCUT2D eigenvalue weighted by Gasteiger charge is -2.49. The van der Waals surface area contributed by atoms with Crippen LogP contribution in [-0.2, 0) is 15.1 Å². The number of carboxylic acid groups (broad SMARTS) is 1. The molecule has 1 aliphatic heterocycles. The van der Waals surface area contributed by atoms with Gasteiger partial charge in [-0.05, 0) is 64.6 Å². The first-order chi connectivity index (χ1) is 12.6. The summed E-state index contributed by atoms with van der Waals surface area (Å²) in [6.45, 7) is 4.38. The summed E-state index contributed by atoms with van der Waals surface area (Å²) in [6.07, 6.45) is 4.59. The number of carbonyl (C=O) groups is 2. The van der Waals surface area contributed by atoms with Crippen LogP contribution in [0.1, 0.15) is 51.5 Å². The molecule has 1 heterocycles. The molecule has 0 atom stereocenters. The van der Waals surface area contributed by atoms with E-state index in [0.29, 0.717) is 19.5 Å². The Labute approximate surface area is 162 Å². The summed E-state index contributed by atoms with van der Waals surface area (Å²) in [4.78, 5) is 28.2. The van der Waals surface area contributed by atoms with E-state index in [1.807, 2.05) is 0 Å². The smallest absolute Gasteiger partial charge is 0.310 e. The van der Waals surface area contributed by atoms with Gasteiger partial charge in [0.15, 0.2) is 0 Å². The van der Waals surface area contributed by atoms with Gasteiger partial charge in [-0.1, -0.05) is 30.3 Å². The highest BCUT2D eigenvalue weighted by Gasteiger charge is 2.51. The van der Waals surface area contributed by atoms with Crippen LogP contribution in [0.2, 0.25) is 0 Å².